The average molecular weight is 208 g/mol. The topological polar surface area (TPSA) is 37.3 Å². The minimum absolute atomic E-state index is 0.222. The first kappa shape index (κ1) is 11.9. The molecular weight excluding hydrogens is 192 g/mol. The Balaban J connectivity index is 0.000000217. The minimum Gasteiger partial charge on any atom is -0.481 e. The Kier molecular flexibility index (Phi) is 6.38. The Morgan fingerprint density at radius 1 is 1.42 bits per heavy atom. The van der Waals surface area contributed by atoms with Gasteiger partial charge in [-0.25, -0.2) is 0 Å². The average Bonchev–Trinajstić information content (AvgIpc) is 2.37. The van der Waals surface area contributed by atoms with Gasteiger partial charge in [-0.1, -0.05) is 18.7 Å². The number of carbonyl (C=O) groups is 1. The molecule has 0 aromatic heterocycles. The van der Waals surface area contributed by atoms with Gasteiger partial charge in [0.2, 0.25) is 0 Å². The van der Waals surface area contributed by atoms with Crippen LogP contribution in [0.1, 0.15) is 19.8 Å². The second-order valence-electron chi connectivity index (χ2n) is 2.39. The van der Waals surface area contributed by atoms with Gasteiger partial charge in [0, 0.05) is 6.42 Å². The number of hydrogen-bond donors (Lipinski definition) is 1. The van der Waals surface area contributed by atoms with Crippen molar-refractivity contribution in [1.29, 1.82) is 0 Å². The van der Waals surface area contributed by atoms with Gasteiger partial charge in [-0.3, -0.25) is 4.79 Å². The Morgan fingerprint density at radius 2 is 1.75 bits per heavy atom. The van der Waals surface area contributed by atoms with Crippen LogP contribution in [0.4, 0.5) is 0 Å². The van der Waals surface area contributed by atoms with E-state index < -0.39 is 5.97 Å². The fourth-order valence-electron chi connectivity index (χ4n) is 0.617. The number of carboxylic acids is 1. The summed E-state index contributed by atoms with van der Waals surface area (Å²) in [6.07, 6.45) is 1.60. The molecule has 1 heterocycles. The number of carboxylic acid groups (broad SMARTS) is 1. The standard InChI is InChI=1S/C5H10S2.C3H6O2/c1-6-4-3-5-7(6)2;1-2-3(4)5/h1-5H2;2H2,1H3,(H,4,5). The Hall–Kier alpha value is -0.0900. The zero-order valence-electron chi connectivity index (χ0n) is 7.41. The molecule has 0 radical (unpaired) electrons. The lowest BCUT2D eigenvalue weighted by Crippen LogP contribution is -1.86. The molecule has 72 valence electrons. The van der Waals surface area contributed by atoms with Crippen LogP contribution in [-0.4, -0.2) is 34.3 Å². The molecule has 1 N–H and O–H groups in total. The molecule has 1 fully saturated rings. The molecule has 0 bridgehead atoms. The molecule has 0 saturated carbocycles. The SMILES string of the molecule is C=S1CCCS1=C.CCC(=O)O. The van der Waals surface area contributed by atoms with Crippen molar-refractivity contribution in [3.63, 3.8) is 0 Å². The first-order chi connectivity index (χ1) is 5.57. The van der Waals surface area contributed by atoms with Crippen LogP contribution in [0, 0.1) is 0 Å². The predicted octanol–water partition coefficient (Wildman–Crippen LogP) is 2.19. The summed E-state index contributed by atoms with van der Waals surface area (Å²) in [5.41, 5.74) is 0. The lowest BCUT2D eigenvalue weighted by Gasteiger charge is -1.93. The first-order valence-corrected chi connectivity index (χ1v) is 7.45. The lowest BCUT2D eigenvalue weighted by atomic mass is 10.5. The molecule has 2 atom stereocenters. The molecule has 1 rings (SSSR count). The molecule has 0 spiro atoms. The van der Waals surface area contributed by atoms with Gasteiger partial charge >= 0.3 is 5.97 Å². The number of rotatable bonds is 1. The molecule has 4 heteroatoms. The smallest absolute Gasteiger partial charge is 0.303 e. The van der Waals surface area contributed by atoms with Gasteiger partial charge in [-0.15, -0.1) is 19.0 Å². The van der Waals surface area contributed by atoms with Crippen LogP contribution >= 0.6 is 19.0 Å². The third-order valence-electron chi connectivity index (χ3n) is 1.38. The van der Waals surface area contributed by atoms with Gasteiger partial charge in [-0.05, 0) is 17.9 Å². The van der Waals surface area contributed by atoms with Crippen LogP contribution in [0.5, 0.6) is 0 Å². The maximum absolute atomic E-state index is 9.37. The summed E-state index contributed by atoms with van der Waals surface area (Å²) >= 11 is 0. The van der Waals surface area contributed by atoms with E-state index in [9.17, 15) is 4.79 Å². The van der Waals surface area contributed by atoms with Gasteiger partial charge in [-0.2, -0.15) is 0 Å². The monoisotopic (exact) mass is 208 g/mol. The summed E-state index contributed by atoms with van der Waals surface area (Å²) in [5.74, 6) is 9.93. The maximum atomic E-state index is 9.37. The van der Waals surface area contributed by atoms with Crippen molar-refractivity contribution in [2.75, 3.05) is 11.5 Å². The molecule has 0 aliphatic carbocycles. The molecule has 1 aliphatic heterocycles. The van der Waals surface area contributed by atoms with Crippen molar-refractivity contribution in [1.82, 2.24) is 0 Å². The molecule has 12 heavy (non-hydrogen) atoms. The van der Waals surface area contributed by atoms with E-state index in [1.54, 1.807) is 6.92 Å². The highest BCUT2D eigenvalue weighted by Crippen LogP contribution is 2.41. The molecule has 1 aliphatic rings. The quantitative estimate of drug-likeness (QED) is 0.530. The van der Waals surface area contributed by atoms with Crippen LogP contribution in [-0.2, 0) is 4.79 Å². The Labute approximate surface area is 78.2 Å². The van der Waals surface area contributed by atoms with E-state index in [0.717, 1.165) is 0 Å². The summed E-state index contributed by atoms with van der Waals surface area (Å²) in [6.45, 7) is 1.60. The van der Waals surface area contributed by atoms with Crippen molar-refractivity contribution >= 4 is 36.7 Å². The third kappa shape index (κ3) is 5.55. The van der Waals surface area contributed by atoms with E-state index in [1.165, 1.54) is 17.9 Å². The molecule has 0 aromatic carbocycles. The molecule has 0 amide bonds. The first-order valence-electron chi connectivity index (χ1n) is 3.81. The maximum Gasteiger partial charge on any atom is 0.303 e. The van der Waals surface area contributed by atoms with Crippen LogP contribution in [0.25, 0.3) is 0 Å². The van der Waals surface area contributed by atoms with E-state index in [2.05, 4.69) is 11.7 Å². The van der Waals surface area contributed by atoms with Crippen molar-refractivity contribution in [2.24, 2.45) is 0 Å². The van der Waals surface area contributed by atoms with Crippen LogP contribution in [0.3, 0.4) is 0 Å². The van der Waals surface area contributed by atoms with Crippen molar-refractivity contribution in [3.05, 3.63) is 0 Å². The highest BCUT2D eigenvalue weighted by Gasteiger charge is 2.04. The van der Waals surface area contributed by atoms with E-state index in [1.807, 2.05) is 0 Å². The van der Waals surface area contributed by atoms with E-state index in [4.69, 9.17) is 5.11 Å². The van der Waals surface area contributed by atoms with Gasteiger partial charge in [0.25, 0.3) is 0 Å². The summed E-state index contributed by atoms with van der Waals surface area (Å²) in [4.78, 5) is 9.37. The summed E-state index contributed by atoms with van der Waals surface area (Å²) < 4.78 is 0. The van der Waals surface area contributed by atoms with Gasteiger partial charge in [0.05, 0.1) is 0 Å². The van der Waals surface area contributed by atoms with Gasteiger partial charge < -0.3 is 5.11 Å². The largest absolute Gasteiger partial charge is 0.481 e. The molecule has 2 unspecified atom stereocenters. The predicted molar refractivity (Wildman–Crippen MR) is 61.7 cm³/mol. The van der Waals surface area contributed by atoms with E-state index >= 15 is 0 Å². The molecule has 2 nitrogen and oxygen atoms in total. The molecule has 0 aromatic rings. The Bertz CT molecular complexity index is 185. The number of hydrogen-bond acceptors (Lipinski definition) is 1. The normalized spacial score (nSPS) is 27.4. The third-order valence-corrected chi connectivity index (χ3v) is 6.53. The number of aliphatic carboxylic acids is 1. The zero-order chi connectivity index (χ0) is 9.56. The lowest BCUT2D eigenvalue weighted by molar-refractivity contribution is -0.136. The van der Waals surface area contributed by atoms with Crippen molar-refractivity contribution < 1.29 is 9.90 Å². The molecule has 1 saturated heterocycles. The summed E-state index contributed by atoms with van der Waals surface area (Å²) in [5, 5.41) is 7.72. The minimum atomic E-state index is -0.745. The van der Waals surface area contributed by atoms with E-state index in [-0.39, 0.29) is 6.42 Å². The zero-order valence-corrected chi connectivity index (χ0v) is 9.05. The van der Waals surface area contributed by atoms with Crippen molar-refractivity contribution in [3.8, 4) is 0 Å². The Morgan fingerprint density at radius 3 is 1.83 bits per heavy atom. The summed E-state index contributed by atoms with van der Waals surface area (Å²) in [6, 6.07) is 0. The van der Waals surface area contributed by atoms with E-state index in [0.29, 0.717) is 19.0 Å². The fourth-order valence-corrected chi connectivity index (χ4v) is 4.32. The fraction of sp³-hybridized carbons (Fsp3) is 0.625. The second kappa shape index (κ2) is 6.43. The van der Waals surface area contributed by atoms with Gasteiger partial charge in [0.1, 0.15) is 0 Å². The van der Waals surface area contributed by atoms with Crippen LogP contribution < -0.4 is 0 Å². The van der Waals surface area contributed by atoms with Crippen molar-refractivity contribution in [2.45, 2.75) is 19.8 Å². The van der Waals surface area contributed by atoms with Gasteiger partial charge in [0.15, 0.2) is 0 Å². The van der Waals surface area contributed by atoms with Crippen LogP contribution in [0.2, 0.25) is 0 Å². The van der Waals surface area contributed by atoms with Crippen LogP contribution in [0.15, 0.2) is 0 Å². The highest BCUT2D eigenvalue weighted by molar-refractivity contribution is 8.89. The molecular formula is C8H16O2S2. The highest BCUT2D eigenvalue weighted by atomic mass is 33.1. The summed E-state index contributed by atoms with van der Waals surface area (Å²) in [7, 11) is 0.898. The second-order valence-corrected chi connectivity index (χ2v) is 7.79.